The van der Waals surface area contributed by atoms with Crippen LogP contribution in [0, 0.1) is 20.8 Å². The molecule has 5 heteroatoms. The van der Waals surface area contributed by atoms with E-state index in [2.05, 4.69) is 10.4 Å². The fourth-order valence-electron chi connectivity index (χ4n) is 1.97. The molecule has 1 aromatic carbocycles. The minimum Gasteiger partial charge on any atom is -0.397 e. The van der Waals surface area contributed by atoms with Crippen molar-refractivity contribution in [3.8, 4) is 5.69 Å². The van der Waals surface area contributed by atoms with Gasteiger partial charge in [-0.1, -0.05) is 0 Å². The number of carbonyl (C=O) groups excluding carboxylic acids is 1. The number of hydrogen-bond acceptors (Lipinski definition) is 3. The summed E-state index contributed by atoms with van der Waals surface area (Å²) in [4.78, 5) is 11.7. The molecule has 100 valence electrons. The lowest BCUT2D eigenvalue weighted by Crippen LogP contribution is -2.18. The van der Waals surface area contributed by atoms with Crippen LogP contribution in [0.4, 0.5) is 5.69 Å². The fraction of sp³-hybridized carbons (Fsp3) is 0.286. The quantitative estimate of drug-likeness (QED) is 0.806. The number of anilines is 1. The van der Waals surface area contributed by atoms with Crippen molar-refractivity contribution in [1.82, 2.24) is 15.1 Å². The highest BCUT2D eigenvalue weighted by Gasteiger charge is 2.13. The second-order valence-electron chi connectivity index (χ2n) is 4.56. The molecule has 19 heavy (non-hydrogen) atoms. The third-order valence-corrected chi connectivity index (χ3v) is 3.40. The summed E-state index contributed by atoms with van der Waals surface area (Å²) in [7, 11) is 1.60. The van der Waals surface area contributed by atoms with Crippen molar-refractivity contribution in [3.63, 3.8) is 0 Å². The van der Waals surface area contributed by atoms with Crippen molar-refractivity contribution < 1.29 is 4.79 Å². The highest BCUT2D eigenvalue weighted by molar-refractivity contribution is 5.95. The summed E-state index contributed by atoms with van der Waals surface area (Å²) in [6.45, 7) is 5.96. The average molecular weight is 258 g/mol. The molecule has 0 spiro atoms. The zero-order valence-corrected chi connectivity index (χ0v) is 11.6. The number of hydrogen-bond donors (Lipinski definition) is 2. The lowest BCUT2D eigenvalue weighted by molar-refractivity contribution is 0.0963. The number of aryl methyl sites for hydroxylation is 1. The van der Waals surface area contributed by atoms with Crippen LogP contribution >= 0.6 is 0 Å². The molecule has 0 aliphatic heterocycles. The van der Waals surface area contributed by atoms with Crippen LogP contribution in [-0.4, -0.2) is 22.7 Å². The summed E-state index contributed by atoms with van der Waals surface area (Å²) in [5, 5.41) is 7.07. The van der Waals surface area contributed by atoms with Gasteiger partial charge in [-0.05, 0) is 44.5 Å². The highest BCUT2D eigenvalue weighted by Crippen LogP contribution is 2.23. The van der Waals surface area contributed by atoms with Crippen LogP contribution in [0.15, 0.2) is 18.2 Å². The molecule has 0 radical (unpaired) electrons. The van der Waals surface area contributed by atoms with Gasteiger partial charge in [-0.15, -0.1) is 0 Å². The van der Waals surface area contributed by atoms with Crippen molar-refractivity contribution in [2.75, 3.05) is 12.8 Å². The van der Waals surface area contributed by atoms with E-state index in [-0.39, 0.29) is 5.91 Å². The van der Waals surface area contributed by atoms with Crippen molar-refractivity contribution in [2.45, 2.75) is 20.8 Å². The predicted octanol–water partition coefficient (Wildman–Crippen LogP) is 1.74. The molecule has 3 N–H and O–H groups in total. The van der Waals surface area contributed by atoms with Gasteiger partial charge in [0.2, 0.25) is 0 Å². The Kier molecular flexibility index (Phi) is 3.29. The molecule has 0 bridgehead atoms. The maximum Gasteiger partial charge on any atom is 0.251 e. The first-order chi connectivity index (χ1) is 8.95. The van der Waals surface area contributed by atoms with Gasteiger partial charge in [0.1, 0.15) is 0 Å². The standard InChI is InChI=1S/C14H18N4O/c1-8-9(2)17-18(10(8)3)13-7-11(14(19)16-4)5-6-12(13)15/h5-7H,15H2,1-4H3,(H,16,19). The van der Waals surface area contributed by atoms with Crippen LogP contribution in [0.2, 0.25) is 0 Å². The van der Waals surface area contributed by atoms with E-state index < -0.39 is 0 Å². The fourth-order valence-corrected chi connectivity index (χ4v) is 1.97. The average Bonchev–Trinajstić information content (AvgIpc) is 2.66. The summed E-state index contributed by atoms with van der Waals surface area (Å²) in [5.41, 5.74) is 11.0. The number of rotatable bonds is 2. The SMILES string of the molecule is CNC(=O)c1ccc(N)c(-n2nc(C)c(C)c2C)c1. The molecule has 0 unspecified atom stereocenters. The third kappa shape index (κ3) is 2.19. The normalized spacial score (nSPS) is 10.5. The second-order valence-corrected chi connectivity index (χ2v) is 4.56. The molecule has 0 saturated carbocycles. The molecule has 0 fully saturated rings. The van der Waals surface area contributed by atoms with E-state index in [4.69, 9.17) is 5.73 Å². The van der Waals surface area contributed by atoms with E-state index >= 15 is 0 Å². The van der Waals surface area contributed by atoms with Gasteiger partial charge >= 0.3 is 0 Å². The van der Waals surface area contributed by atoms with Gasteiger partial charge in [0.05, 0.1) is 17.1 Å². The number of nitrogens with zero attached hydrogens (tertiary/aromatic N) is 2. The van der Waals surface area contributed by atoms with Crippen LogP contribution < -0.4 is 11.1 Å². The maximum atomic E-state index is 11.7. The summed E-state index contributed by atoms with van der Waals surface area (Å²) < 4.78 is 1.78. The number of nitrogens with one attached hydrogen (secondary N) is 1. The van der Waals surface area contributed by atoms with E-state index in [0.29, 0.717) is 11.3 Å². The summed E-state index contributed by atoms with van der Waals surface area (Å²) >= 11 is 0. The molecule has 0 saturated heterocycles. The van der Waals surface area contributed by atoms with Gasteiger partial charge in [0.15, 0.2) is 0 Å². The van der Waals surface area contributed by atoms with Gasteiger partial charge < -0.3 is 11.1 Å². The van der Waals surface area contributed by atoms with Crippen LogP contribution in [0.1, 0.15) is 27.3 Å². The monoisotopic (exact) mass is 258 g/mol. The van der Waals surface area contributed by atoms with E-state index in [0.717, 1.165) is 22.6 Å². The number of amides is 1. The summed E-state index contributed by atoms with van der Waals surface area (Å²) in [5.74, 6) is -0.139. The molecule has 5 nitrogen and oxygen atoms in total. The minimum atomic E-state index is -0.139. The van der Waals surface area contributed by atoms with E-state index in [1.807, 2.05) is 20.8 Å². The maximum absolute atomic E-state index is 11.7. The number of carbonyl (C=O) groups is 1. The first-order valence-electron chi connectivity index (χ1n) is 6.10. The molecule has 1 amide bonds. The molecule has 1 heterocycles. The van der Waals surface area contributed by atoms with Crippen LogP contribution in [-0.2, 0) is 0 Å². The predicted molar refractivity (Wildman–Crippen MR) is 75.6 cm³/mol. The van der Waals surface area contributed by atoms with Crippen molar-refractivity contribution in [1.29, 1.82) is 0 Å². The van der Waals surface area contributed by atoms with Crippen LogP contribution in [0.25, 0.3) is 5.69 Å². The number of aromatic nitrogens is 2. The molecular weight excluding hydrogens is 240 g/mol. The summed E-state index contributed by atoms with van der Waals surface area (Å²) in [6.07, 6.45) is 0. The molecule has 0 aliphatic carbocycles. The van der Waals surface area contributed by atoms with Crippen molar-refractivity contribution in [2.24, 2.45) is 0 Å². The zero-order valence-electron chi connectivity index (χ0n) is 11.6. The van der Waals surface area contributed by atoms with Gasteiger partial charge in [0.25, 0.3) is 5.91 Å². The lowest BCUT2D eigenvalue weighted by Gasteiger charge is -2.10. The highest BCUT2D eigenvalue weighted by atomic mass is 16.1. The van der Waals surface area contributed by atoms with Crippen molar-refractivity contribution in [3.05, 3.63) is 40.7 Å². The molecule has 2 rings (SSSR count). The van der Waals surface area contributed by atoms with E-state index in [1.165, 1.54) is 0 Å². The van der Waals surface area contributed by atoms with Gasteiger partial charge in [-0.3, -0.25) is 4.79 Å². The largest absolute Gasteiger partial charge is 0.397 e. The molecule has 0 atom stereocenters. The molecule has 0 aliphatic rings. The number of nitrogens with two attached hydrogens (primary N) is 1. The Morgan fingerprint density at radius 1 is 1.32 bits per heavy atom. The zero-order chi connectivity index (χ0) is 14.2. The molecular formula is C14H18N4O. The van der Waals surface area contributed by atoms with Gasteiger partial charge in [-0.2, -0.15) is 5.10 Å². The Hall–Kier alpha value is -2.30. The van der Waals surface area contributed by atoms with Crippen LogP contribution in [0.3, 0.4) is 0 Å². The van der Waals surface area contributed by atoms with Gasteiger partial charge in [0, 0.05) is 18.3 Å². The molecule has 1 aromatic heterocycles. The number of nitrogen functional groups attached to an aromatic ring is 1. The minimum absolute atomic E-state index is 0.139. The van der Waals surface area contributed by atoms with E-state index in [9.17, 15) is 4.79 Å². The third-order valence-electron chi connectivity index (χ3n) is 3.40. The first kappa shape index (κ1) is 13.1. The Morgan fingerprint density at radius 3 is 2.53 bits per heavy atom. The van der Waals surface area contributed by atoms with Crippen molar-refractivity contribution >= 4 is 11.6 Å². The van der Waals surface area contributed by atoms with E-state index in [1.54, 1.807) is 29.9 Å². The Labute approximate surface area is 112 Å². The van der Waals surface area contributed by atoms with Gasteiger partial charge in [-0.25, -0.2) is 4.68 Å². The van der Waals surface area contributed by atoms with Crippen LogP contribution in [0.5, 0.6) is 0 Å². The summed E-state index contributed by atoms with van der Waals surface area (Å²) in [6, 6.07) is 5.19. The number of benzene rings is 1. The molecule has 2 aromatic rings. The Balaban J connectivity index is 2.61. The Bertz CT molecular complexity index is 643. The first-order valence-corrected chi connectivity index (χ1v) is 6.10. The topological polar surface area (TPSA) is 72.9 Å². The smallest absolute Gasteiger partial charge is 0.251 e. The lowest BCUT2D eigenvalue weighted by atomic mass is 10.1. The second kappa shape index (κ2) is 4.76. The Morgan fingerprint density at radius 2 is 2.00 bits per heavy atom.